The van der Waals surface area contributed by atoms with Gasteiger partial charge in [-0.3, -0.25) is 0 Å². The number of hydrogen-bond acceptors (Lipinski definition) is 2. The van der Waals surface area contributed by atoms with Gasteiger partial charge in [0.05, 0.1) is 12.3 Å². The summed E-state index contributed by atoms with van der Waals surface area (Å²) in [6.07, 6.45) is 2.31. The third kappa shape index (κ3) is 3.33. The van der Waals surface area contributed by atoms with Crippen LogP contribution in [0, 0.1) is 0 Å². The Morgan fingerprint density at radius 3 is 2.62 bits per heavy atom. The van der Waals surface area contributed by atoms with Crippen LogP contribution in [0.5, 0.6) is 5.75 Å². The average Bonchev–Trinajstić information content (AvgIpc) is 2.46. The Kier molecular flexibility index (Phi) is 4.35. The molecule has 0 spiro atoms. The molecule has 1 aliphatic rings. The van der Waals surface area contributed by atoms with Crippen LogP contribution in [-0.2, 0) is 0 Å². The molecule has 0 amide bonds. The van der Waals surface area contributed by atoms with Crippen molar-refractivity contribution in [1.29, 1.82) is 0 Å². The fourth-order valence-electron chi connectivity index (χ4n) is 2.85. The van der Waals surface area contributed by atoms with Crippen molar-refractivity contribution in [2.45, 2.75) is 31.7 Å². The van der Waals surface area contributed by atoms with Crippen molar-refractivity contribution in [2.24, 2.45) is 0 Å². The predicted octanol–water partition coefficient (Wildman–Crippen LogP) is 5.10. The molecule has 110 valence electrons. The minimum Gasteiger partial charge on any atom is -0.492 e. The minimum atomic E-state index is 0.493. The van der Waals surface area contributed by atoms with Crippen molar-refractivity contribution in [1.82, 2.24) is 0 Å². The number of rotatable bonds is 5. The Bertz CT molecular complexity index is 593. The zero-order chi connectivity index (χ0) is 14.7. The largest absolute Gasteiger partial charge is 0.492 e. The summed E-state index contributed by atoms with van der Waals surface area (Å²) in [6, 6.07) is 17.0. The van der Waals surface area contributed by atoms with Crippen LogP contribution in [0.15, 0.2) is 48.5 Å². The first-order valence-corrected chi connectivity index (χ1v) is 7.88. The normalized spacial score (nSPS) is 20.7. The van der Waals surface area contributed by atoms with E-state index < -0.39 is 0 Å². The van der Waals surface area contributed by atoms with Crippen molar-refractivity contribution in [3.8, 4) is 5.75 Å². The first-order chi connectivity index (χ1) is 10.3. The number of ether oxygens (including phenoxy) is 1. The number of anilines is 1. The van der Waals surface area contributed by atoms with Gasteiger partial charge in [-0.2, -0.15) is 0 Å². The van der Waals surface area contributed by atoms with Gasteiger partial charge < -0.3 is 10.1 Å². The Morgan fingerprint density at radius 2 is 1.90 bits per heavy atom. The van der Waals surface area contributed by atoms with E-state index in [2.05, 4.69) is 35.6 Å². The Morgan fingerprint density at radius 1 is 1.14 bits per heavy atom. The lowest BCUT2D eigenvalue weighted by Crippen LogP contribution is -2.34. The molecule has 0 radical (unpaired) electrons. The molecule has 0 unspecified atom stereocenters. The highest BCUT2D eigenvalue weighted by Crippen LogP contribution is 2.40. The fraction of sp³-hybridized carbons (Fsp3) is 0.333. The average molecular weight is 302 g/mol. The molecule has 0 aliphatic heterocycles. The van der Waals surface area contributed by atoms with E-state index in [4.69, 9.17) is 16.3 Å². The molecular weight excluding hydrogens is 282 g/mol. The van der Waals surface area contributed by atoms with Gasteiger partial charge in [0.1, 0.15) is 5.75 Å². The summed E-state index contributed by atoms with van der Waals surface area (Å²) in [5.74, 6) is 1.54. The van der Waals surface area contributed by atoms with E-state index in [9.17, 15) is 0 Å². The summed E-state index contributed by atoms with van der Waals surface area (Å²) >= 11 is 6.09. The van der Waals surface area contributed by atoms with Crippen molar-refractivity contribution in [3.63, 3.8) is 0 Å². The van der Waals surface area contributed by atoms with Crippen LogP contribution in [0.1, 0.15) is 31.2 Å². The molecule has 0 heterocycles. The molecule has 3 heteroatoms. The zero-order valence-corrected chi connectivity index (χ0v) is 12.9. The number of hydrogen-bond donors (Lipinski definition) is 1. The summed E-state index contributed by atoms with van der Waals surface area (Å²) in [6.45, 7) is 2.65. The zero-order valence-electron chi connectivity index (χ0n) is 12.2. The number of benzene rings is 2. The van der Waals surface area contributed by atoms with Crippen LogP contribution in [0.3, 0.4) is 0 Å². The van der Waals surface area contributed by atoms with Crippen LogP contribution < -0.4 is 10.1 Å². The molecule has 1 fully saturated rings. The quantitative estimate of drug-likeness (QED) is 0.830. The SMILES string of the molecule is CCOc1ccc(Cl)cc1NC1CC(c2ccccc2)C1. The highest BCUT2D eigenvalue weighted by atomic mass is 35.5. The van der Waals surface area contributed by atoms with Gasteiger partial charge in [0.2, 0.25) is 0 Å². The van der Waals surface area contributed by atoms with Gasteiger partial charge in [0.15, 0.2) is 0 Å². The van der Waals surface area contributed by atoms with Gasteiger partial charge in [-0.1, -0.05) is 41.9 Å². The molecule has 0 aromatic heterocycles. The maximum Gasteiger partial charge on any atom is 0.142 e. The highest BCUT2D eigenvalue weighted by molar-refractivity contribution is 6.30. The maximum atomic E-state index is 6.09. The fourth-order valence-corrected chi connectivity index (χ4v) is 3.02. The molecule has 1 aliphatic carbocycles. The topological polar surface area (TPSA) is 21.3 Å². The van der Waals surface area contributed by atoms with Gasteiger partial charge in [-0.05, 0) is 49.4 Å². The summed E-state index contributed by atoms with van der Waals surface area (Å²) in [4.78, 5) is 0. The van der Waals surface area contributed by atoms with E-state index in [0.717, 1.165) is 29.3 Å². The van der Waals surface area contributed by atoms with E-state index in [-0.39, 0.29) is 0 Å². The first-order valence-electron chi connectivity index (χ1n) is 7.50. The van der Waals surface area contributed by atoms with Crippen LogP contribution in [0.2, 0.25) is 5.02 Å². The Balaban J connectivity index is 1.63. The van der Waals surface area contributed by atoms with Crippen molar-refractivity contribution in [3.05, 3.63) is 59.1 Å². The lowest BCUT2D eigenvalue weighted by atomic mass is 9.76. The summed E-state index contributed by atoms with van der Waals surface area (Å²) in [7, 11) is 0. The maximum absolute atomic E-state index is 6.09. The van der Waals surface area contributed by atoms with Gasteiger partial charge in [0, 0.05) is 11.1 Å². The lowest BCUT2D eigenvalue weighted by molar-refractivity contribution is 0.337. The van der Waals surface area contributed by atoms with Crippen LogP contribution in [-0.4, -0.2) is 12.6 Å². The van der Waals surface area contributed by atoms with Gasteiger partial charge in [0.25, 0.3) is 0 Å². The van der Waals surface area contributed by atoms with Gasteiger partial charge >= 0.3 is 0 Å². The molecule has 0 bridgehead atoms. The van der Waals surface area contributed by atoms with Gasteiger partial charge in [-0.25, -0.2) is 0 Å². The molecule has 2 nitrogen and oxygen atoms in total. The van der Waals surface area contributed by atoms with Crippen molar-refractivity contribution < 1.29 is 4.74 Å². The predicted molar refractivity (Wildman–Crippen MR) is 88.4 cm³/mol. The first kappa shape index (κ1) is 14.3. The van der Waals surface area contributed by atoms with Crippen molar-refractivity contribution in [2.75, 3.05) is 11.9 Å². The number of halogens is 1. The van der Waals surface area contributed by atoms with E-state index in [1.807, 2.05) is 25.1 Å². The summed E-state index contributed by atoms with van der Waals surface area (Å²) in [5, 5.41) is 4.30. The third-order valence-electron chi connectivity index (χ3n) is 4.01. The molecule has 2 aromatic carbocycles. The molecule has 3 rings (SSSR count). The molecule has 1 saturated carbocycles. The third-order valence-corrected chi connectivity index (χ3v) is 4.25. The van der Waals surface area contributed by atoms with Crippen LogP contribution in [0.4, 0.5) is 5.69 Å². The van der Waals surface area contributed by atoms with Gasteiger partial charge in [-0.15, -0.1) is 0 Å². The molecule has 1 N–H and O–H groups in total. The minimum absolute atomic E-state index is 0.493. The molecule has 0 atom stereocenters. The molecule has 0 saturated heterocycles. The molecular formula is C18H20ClNO. The molecule has 2 aromatic rings. The summed E-state index contributed by atoms with van der Waals surface area (Å²) in [5.41, 5.74) is 2.44. The van der Waals surface area contributed by atoms with E-state index in [0.29, 0.717) is 18.6 Å². The number of nitrogens with one attached hydrogen (secondary N) is 1. The second kappa shape index (κ2) is 6.40. The highest BCUT2D eigenvalue weighted by Gasteiger charge is 2.30. The van der Waals surface area contributed by atoms with Crippen LogP contribution in [0.25, 0.3) is 0 Å². The van der Waals surface area contributed by atoms with E-state index >= 15 is 0 Å². The Labute approximate surface area is 131 Å². The van der Waals surface area contributed by atoms with Crippen molar-refractivity contribution >= 4 is 17.3 Å². The monoisotopic (exact) mass is 301 g/mol. The lowest BCUT2D eigenvalue weighted by Gasteiger charge is -2.37. The standard InChI is InChI=1S/C18H20ClNO/c1-2-21-18-9-8-15(19)12-17(18)20-16-10-14(11-16)13-6-4-3-5-7-13/h3-9,12,14,16,20H,2,10-11H2,1H3. The summed E-state index contributed by atoms with van der Waals surface area (Å²) < 4.78 is 5.65. The van der Waals surface area contributed by atoms with E-state index in [1.165, 1.54) is 5.56 Å². The van der Waals surface area contributed by atoms with E-state index in [1.54, 1.807) is 0 Å². The molecule has 21 heavy (non-hydrogen) atoms. The Hall–Kier alpha value is -1.67. The van der Waals surface area contributed by atoms with Crippen LogP contribution >= 0.6 is 11.6 Å². The second-order valence-electron chi connectivity index (χ2n) is 5.49. The smallest absolute Gasteiger partial charge is 0.142 e. The second-order valence-corrected chi connectivity index (χ2v) is 5.93.